The lowest BCUT2D eigenvalue weighted by Crippen LogP contribution is -2.44. The minimum absolute atomic E-state index is 0.0436. The minimum Gasteiger partial charge on any atom is -0.483 e. The lowest BCUT2D eigenvalue weighted by molar-refractivity contribution is -0.153. The summed E-state index contributed by atoms with van der Waals surface area (Å²) in [5, 5.41) is 10.3. The van der Waals surface area contributed by atoms with Gasteiger partial charge in [-0.05, 0) is 56.7 Å². The maximum Gasteiger partial charge on any atom is 0.422 e. The number of pyridine rings is 1. The van der Waals surface area contributed by atoms with Crippen LogP contribution in [0.1, 0.15) is 48.0 Å². The summed E-state index contributed by atoms with van der Waals surface area (Å²) in [6, 6.07) is 15.3. The van der Waals surface area contributed by atoms with Gasteiger partial charge in [0.1, 0.15) is 5.75 Å². The predicted octanol–water partition coefficient (Wildman–Crippen LogP) is 5.37. The number of anilines is 1. The zero-order valence-corrected chi connectivity index (χ0v) is 20.7. The molecule has 2 aromatic carbocycles. The Morgan fingerprint density at radius 2 is 1.76 bits per heavy atom. The Labute approximate surface area is 212 Å². The summed E-state index contributed by atoms with van der Waals surface area (Å²) < 4.78 is 49.4. The minimum atomic E-state index is -4.50. The van der Waals surface area contributed by atoms with Crippen LogP contribution in [0.4, 0.5) is 18.9 Å². The van der Waals surface area contributed by atoms with Gasteiger partial charge in [-0.2, -0.15) is 13.2 Å². The van der Waals surface area contributed by atoms with E-state index in [0.29, 0.717) is 52.5 Å². The number of benzene rings is 2. The van der Waals surface area contributed by atoms with Gasteiger partial charge in [0.25, 0.3) is 5.91 Å². The number of nitrogens with zero attached hydrogens (tertiary/aromatic N) is 2. The number of alkyl halides is 3. The molecule has 1 saturated heterocycles. The van der Waals surface area contributed by atoms with Crippen LogP contribution in [0.3, 0.4) is 0 Å². The van der Waals surface area contributed by atoms with Gasteiger partial charge < -0.3 is 19.5 Å². The second-order valence-corrected chi connectivity index (χ2v) is 10.3. The van der Waals surface area contributed by atoms with Crippen molar-refractivity contribution >= 4 is 11.6 Å². The van der Waals surface area contributed by atoms with Crippen LogP contribution in [-0.4, -0.2) is 42.0 Å². The summed E-state index contributed by atoms with van der Waals surface area (Å²) in [6.45, 7) is 4.97. The van der Waals surface area contributed by atoms with Crippen LogP contribution in [0.2, 0.25) is 0 Å². The first-order valence-corrected chi connectivity index (χ1v) is 11.9. The zero-order chi connectivity index (χ0) is 26.6. The van der Waals surface area contributed by atoms with Gasteiger partial charge in [-0.3, -0.25) is 9.78 Å². The molecule has 0 spiro atoms. The summed E-state index contributed by atoms with van der Waals surface area (Å²) >= 11 is 0. The van der Waals surface area contributed by atoms with E-state index in [4.69, 9.17) is 14.5 Å². The number of carbonyl (C=O) groups is 1. The molecule has 2 aliphatic heterocycles. The molecule has 0 radical (unpaired) electrons. The van der Waals surface area contributed by atoms with Gasteiger partial charge >= 0.3 is 6.18 Å². The Hall–Kier alpha value is -3.43. The van der Waals surface area contributed by atoms with E-state index in [0.717, 1.165) is 0 Å². The van der Waals surface area contributed by atoms with Crippen molar-refractivity contribution in [2.75, 3.05) is 24.7 Å². The second kappa shape index (κ2) is 8.85. The molecule has 3 aromatic rings. The molecule has 3 heterocycles. The Morgan fingerprint density at radius 3 is 2.35 bits per heavy atom. The van der Waals surface area contributed by atoms with Crippen LogP contribution < -0.4 is 9.64 Å². The van der Waals surface area contributed by atoms with Crippen LogP contribution in [0.25, 0.3) is 11.3 Å². The van der Waals surface area contributed by atoms with E-state index < -0.39 is 23.8 Å². The maximum atomic E-state index is 13.6. The SMILES string of the molecule is CC(C)(O)c1ccc(N2Cc3c(cc(C4(C)COC4)nc3-c3ccccc3OCC(F)(F)F)C2=O)cc1. The molecular weight excluding hydrogens is 485 g/mol. The van der Waals surface area contributed by atoms with Crippen molar-refractivity contribution in [3.05, 3.63) is 77.0 Å². The summed E-state index contributed by atoms with van der Waals surface area (Å²) in [5.74, 6) is -0.185. The molecule has 6 nitrogen and oxygen atoms in total. The molecule has 0 unspecified atom stereocenters. The van der Waals surface area contributed by atoms with Gasteiger partial charge in [0.15, 0.2) is 6.61 Å². The monoisotopic (exact) mass is 512 g/mol. The van der Waals surface area contributed by atoms with Crippen molar-refractivity contribution < 1.29 is 32.5 Å². The van der Waals surface area contributed by atoms with Gasteiger partial charge in [-0.25, -0.2) is 0 Å². The first-order valence-electron chi connectivity index (χ1n) is 11.9. The fourth-order valence-electron chi connectivity index (χ4n) is 4.59. The Morgan fingerprint density at radius 1 is 1.08 bits per heavy atom. The average Bonchev–Trinajstić information content (AvgIpc) is 3.16. The molecule has 1 fully saturated rings. The molecule has 0 aliphatic carbocycles. The lowest BCUT2D eigenvalue weighted by Gasteiger charge is -2.38. The van der Waals surface area contributed by atoms with Crippen molar-refractivity contribution in [1.82, 2.24) is 4.98 Å². The van der Waals surface area contributed by atoms with Gasteiger partial charge in [-0.1, -0.05) is 24.3 Å². The number of hydrogen-bond acceptors (Lipinski definition) is 5. The molecule has 0 saturated carbocycles. The fraction of sp³-hybridized carbons (Fsp3) is 0.357. The molecule has 9 heteroatoms. The van der Waals surface area contributed by atoms with Crippen molar-refractivity contribution in [3.63, 3.8) is 0 Å². The summed E-state index contributed by atoms with van der Waals surface area (Å²) in [4.78, 5) is 20.1. The van der Waals surface area contributed by atoms with Crippen LogP contribution in [0.15, 0.2) is 54.6 Å². The van der Waals surface area contributed by atoms with Gasteiger partial charge in [0, 0.05) is 22.4 Å². The molecule has 1 aromatic heterocycles. The van der Waals surface area contributed by atoms with E-state index >= 15 is 0 Å². The Bertz CT molecular complexity index is 1340. The quantitative estimate of drug-likeness (QED) is 0.481. The molecule has 1 N–H and O–H groups in total. The third-order valence-electron chi connectivity index (χ3n) is 6.79. The van der Waals surface area contributed by atoms with E-state index in [1.165, 1.54) is 6.07 Å². The highest BCUT2D eigenvalue weighted by atomic mass is 19.4. The van der Waals surface area contributed by atoms with E-state index in [9.17, 15) is 23.1 Å². The number of aromatic nitrogens is 1. The predicted molar refractivity (Wildman–Crippen MR) is 132 cm³/mol. The lowest BCUT2D eigenvalue weighted by atomic mass is 9.83. The number of aliphatic hydroxyl groups is 1. The Balaban J connectivity index is 1.59. The normalized spacial score (nSPS) is 16.9. The number of rotatable bonds is 6. The van der Waals surface area contributed by atoms with Gasteiger partial charge in [0.2, 0.25) is 0 Å². The number of ether oxygens (including phenoxy) is 2. The highest BCUT2D eigenvalue weighted by Crippen LogP contribution is 2.41. The smallest absolute Gasteiger partial charge is 0.422 e. The number of carbonyl (C=O) groups excluding carboxylic acids is 1. The standard InChI is InChI=1S/C28H27F3N2O4/c1-26(2,35)17-8-10-18(11-9-17)33-13-21-20(25(33)34)12-23(27(3)14-36-15-27)32-24(21)19-6-4-5-7-22(19)37-16-28(29,30)31/h4-12,35H,13-16H2,1-3H3. The summed E-state index contributed by atoms with van der Waals surface area (Å²) in [6.07, 6.45) is -4.50. The third-order valence-corrected chi connectivity index (χ3v) is 6.79. The van der Waals surface area contributed by atoms with Gasteiger partial charge in [0.05, 0.1) is 42.2 Å². The molecule has 0 bridgehead atoms. The van der Waals surface area contributed by atoms with Crippen molar-refractivity contribution in [1.29, 1.82) is 0 Å². The largest absolute Gasteiger partial charge is 0.483 e. The molecule has 0 atom stereocenters. The van der Waals surface area contributed by atoms with E-state index in [1.807, 2.05) is 6.92 Å². The zero-order valence-electron chi connectivity index (χ0n) is 20.7. The molecule has 5 rings (SSSR count). The molecule has 1 amide bonds. The first-order chi connectivity index (χ1) is 17.4. The average molecular weight is 513 g/mol. The van der Waals surface area contributed by atoms with Crippen LogP contribution in [0.5, 0.6) is 5.75 Å². The number of hydrogen-bond donors (Lipinski definition) is 1. The van der Waals surface area contributed by atoms with Crippen molar-refractivity contribution in [2.45, 2.75) is 44.5 Å². The number of para-hydroxylation sites is 1. The summed E-state index contributed by atoms with van der Waals surface area (Å²) in [5.41, 5.74) is 2.43. The molecule has 37 heavy (non-hydrogen) atoms. The topological polar surface area (TPSA) is 71.9 Å². The highest BCUT2D eigenvalue weighted by Gasteiger charge is 2.41. The second-order valence-electron chi connectivity index (χ2n) is 10.3. The number of amides is 1. The third kappa shape index (κ3) is 4.81. The first kappa shape index (κ1) is 25.2. The molecule has 194 valence electrons. The van der Waals surface area contributed by atoms with Crippen LogP contribution in [-0.2, 0) is 22.3 Å². The van der Waals surface area contributed by atoms with Crippen LogP contribution >= 0.6 is 0 Å². The van der Waals surface area contributed by atoms with E-state index in [-0.39, 0.29) is 18.2 Å². The van der Waals surface area contributed by atoms with E-state index in [2.05, 4.69) is 0 Å². The number of fused-ring (bicyclic) bond motifs is 1. The molecular formula is C28H27F3N2O4. The van der Waals surface area contributed by atoms with Crippen molar-refractivity contribution in [3.8, 4) is 17.0 Å². The highest BCUT2D eigenvalue weighted by molar-refractivity contribution is 6.11. The van der Waals surface area contributed by atoms with Gasteiger partial charge in [-0.15, -0.1) is 0 Å². The van der Waals surface area contributed by atoms with Crippen LogP contribution in [0, 0.1) is 0 Å². The van der Waals surface area contributed by atoms with E-state index in [1.54, 1.807) is 67.3 Å². The maximum absolute atomic E-state index is 13.6. The van der Waals surface area contributed by atoms with Crippen molar-refractivity contribution in [2.24, 2.45) is 0 Å². The summed E-state index contributed by atoms with van der Waals surface area (Å²) in [7, 11) is 0. The number of halogens is 3. The Kier molecular flexibility index (Phi) is 6.03. The molecule has 2 aliphatic rings. The fourth-order valence-corrected chi connectivity index (χ4v) is 4.59.